The number of aliphatic carboxylic acids is 1. The van der Waals surface area contributed by atoms with E-state index in [4.69, 9.17) is 10.2 Å². The molecule has 6 nitrogen and oxygen atoms in total. The number of amides is 2. The summed E-state index contributed by atoms with van der Waals surface area (Å²) in [5.41, 5.74) is 0. The molecule has 6 heteroatoms. The fourth-order valence-corrected chi connectivity index (χ4v) is 3.50. The van der Waals surface area contributed by atoms with E-state index in [9.17, 15) is 9.59 Å². The van der Waals surface area contributed by atoms with Gasteiger partial charge in [0.15, 0.2) is 0 Å². The molecule has 1 saturated heterocycles. The van der Waals surface area contributed by atoms with Crippen molar-refractivity contribution in [3.05, 3.63) is 0 Å². The van der Waals surface area contributed by atoms with Crippen LogP contribution in [0.4, 0.5) is 4.79 Å². The molecule has 20 heavy (non-hydrogen) atoms. The molecule has 114 valence electrons. The van der Waals surface area contributed by atoms with Gasteiger partial charge >= 0.3 is 12.0 Å². The number of hydrogen-bond acceptors (Lipinski definition) is 3. The number of urea groups is 1. The largest absolute Gasteiger partial charge is 0.480 e. The Morgan fingerprint density at radius 2 is 1.90 bits per heavy atom. The van der Waals surface area contributed by atoms with Gasteiger partial charge in [-0.25, -0.2) is 9.59 Å². The average molecular weight is 284 g/mol. The number of hydrogen-bond donors (Lipinski definition) is 3. The van der Waals surface area contributed by atoms with Crippen molar-refractivity contribution in [2.75, 3.05) is 13.2 Å². The summed E-state index contributed by atoms with van der Waals surface area (Å²) in [6.45, 7) is 0.460. The molecule has 2 aliphatic rings. The third-order valence-electron chi connectivity index (χ3n) is 4.52. The van der Waals surface area contributed by atoms with Crippen LogP contribution >= 0.6 is 0 Å². The maximum atomic E-state index is 12.3. The molecule has 0 bridgehead atoms. The molecule has 3 atom stereocenters. The van der Waals surface area contributed by atoms with E-state index in [1.54, 1.807) is 0 Å². The Morgan fingerprint density at radius 1 is 1.20 bits per heavy atom. The molecule has 1 aliphatic carbocycles. The van der Waals surface area contributed by atoms with Crippen molar-refractivity contribution in [3.8, 4) is 0 Å². The van der Waals surface area contributed by atoms with Gasteiger partial charge in [-0.3, -0.25) is 0 Å². The van der Waals surface area contributed by atoms with E-state index in [0.29, 0.717) is 12.5 Å². The average Bonchev–Trinajstić information content (AvgIpc) is 2.46. The first-order valence-electron chi connectivity index (χ1n) is 7.54. The zero-order chi connectivity index (χ0) is 14.5. The number of nitrogens with zero attached hydrogens (tertiary/aromatic N) is 1. The molecule has 0 aromatic heterocycles. The molecular weight excluding hydrogens is 260 g/mol. The van der Waals surface area contributed by atoms with Crippen molar-refractivity contribution in [2.24, 2.45) is 5.92 Å². The van der Waals surface area contributed by atoms with Crippen LogP contribution in [0.15, 0.2) is 0 Å². The summed E-state index contributed by atoms with van der Waals surface area (Å²) in [5, 5.41) is 20.5. The first-order valence-corrected chi connectivity index (χ1v) is 7.54. The van der Waals surface area contributed by atoms with Crippen molar-refractivity contribution in [1.82, 2.24) is 10.2 Å². The summed E-state index contributed by atoms with van der Waals surface area (Å²) in [7, 11) is 0. The van der Waals surface area contributed by atoms with Crippen LogP contribution in [0.2, 0.25) is 0 Å². The first-order chi connectivity index (χ1) is 9.63. The van der Waals surface area contributed by atoms with Crippen LogP contribution in [0.3, 0.4) is 0 Å². The summed E-state index contributed by atoms with van der Waals surface area (Å²) in [6.07, 6.45) is 6.79. The van der Waals surface area contributed by atoms with E-state index >= 15 is 0 Å². The number of aliphatic hydroxyl groups is 1. The summed E-state index contributed by atoms with van der Waals surface area (Å²) >= 11 is 0. The third-order valence-corrected chi connectivity index (χ3v) is 4.52. The summed E-state index contributed by atoms with van der Waals surface area (Å²) < 4.78 is 0. The van der Waals surface area contributed by atoms with Gasteiger partial charge in [0.25, 0.3) is 0 Å². The molecule has 2 fully saturated rings. The van der Waals surface area contributed by atoms with Crippen molar-refractivity contribution in [2.45, 2.75) is 57.0 Å². The second kappa shape index (κ2) is 6.92. The lowest BCUT2D eigenvalue weighted by atomic mass is 9.78. The van der Waals surface area contributed by atoms with E-state index in [0.717, 1.165) is 19.3 Å². The lowest BCUT2D eigenvalue weighted by Gasteiger charge is -2.44. The lowest BCUT2D eigenvalue weighted by Crippen LogP contribution is -2.56. The summed E-state index contributed by atoms with van der Waals surface area (Å²) in [5.74, 6) is -0.519. The number of aliphatic hydroxyl groups excluding tert-OH is 1. The molecule has 3 unspecified atom stereocenters. The molecule has 1 saturated carbocycles. The second-order valence-electron chi connectivity index (χ2n) is 5.80. The lowest BCUT2D eigenvalue weighted by molar-refractivity contribution is -0.139. The number of carbonyl (C=O) groups excluding carboxylic acids is 1. The van der Waals surface area contributed by atoms with Gasteiger partial charge in [0.2, 0.25) is 0 Å². The van der Waals surface area contributed by atoms with Gasteiger partial charge in [0.1, 0.15) is 6.04 Å². The molecule has 1 aliphatic heterocycles. The van der Waals surface area contributed by atoms with Crippen LogP contribution in [0.1, 0.15) is 44.9 Å². The third kappa shape index (κ3) is 3.42. The van der Waals surface area contributed by atoms with Crippen molar-refractivity contribution < 1.29 is 19.8 Å². The minimum Gasteiger partial charge on any atom is -0.480 e. The number of piperidine rings is 1. The Bertz CT molecular complexity index is 359. The van der Waals surface area contributed by atoms with Gasteiger partial charge in [0.05, 0.1) is 0 Å². The Labute approximate surface area is 119 Å². The van der Waals surface area contributed by atoms with Crippen molar-refractivity contribution >= 4 is 12.0 Å². The van der Waals surface area contributed by atoms with Gasteiger partial charge in [-0.05, 0) is 31.6 Å². The molecule has 0 aromatic rings. The van der Waals surface area contributed by atoms with Crippen molar-refractivity contribution in [3.63, 3.8) is 0 Å². The van der Waals surface area contributed by atoms with Gasteiger partial charge in [-0.2, -0.15) is 0 Å². The molecular formula is C14H24N2O4. The van der Waals surface area contributed by atoms with Crippen LogP contribution in [0, 0.1) is 5.92 Å². The number of fused-ring (bicyclic) bond motifs is 1. The van der Waals surface area contributed by atoms with Gasteiger partial charge in [0, 0.05) is 25.6 Å². The SMILES string of the molecule is O=C(O)C(CCO)NC(=O)N1CCCC2CCCCC21. The fraction of sp³-hybridized carbons (Fsp3) is 0.857. The summed E-state index contributed by atoms with van der Waals surface area (Å²) in [6, 6.07) is -1.03. The minimum absolute atomic E-state index is 0.0447. The van der Waals surface area contributed by atoms with Crippen molar-refractivity contribution in [1.29, 1.82) is 0 Å². The molecule has 2 amide bonds. The van der Waals surface area contributed by atoms with E-state index in [1.807, 2.05) is 4.90 Å². The molecule has 0 aromatic carbocycles. The topological polar surface area (TPSA) is 89.9 Å². The summed E-state index contributed by atoms with van der Waals surface area (Å²) in [4.78, 5) is 25.2. The Balaban J connectivity index is 1.97. The highest BCUT2D eigenvalue weighted by molar-refractivity contribution is 5.82. The van der Waals surface area contributed by atoms with E-state index in [1.165, 1.54) is 19.3 Å². The number of likely N-dealkylation sites (tertiary alicyclic amines) is 1. The molecule has 3 N–H and O–H groups in total. The number of carbonyl (C=O) groups is 2. The molecule has 2 rings (SSSR count). The van der Waals surface area contributed by atoms with Gasteiger partial charge in [-0.15, -0.1) is 0 Å². The normalized spacial score (nSPS) is 27.6. The monoisotopic (exact) mass is 284 g/mol. The minimum atomic E-state index is -1.09. The second-order valence-corrected chi connectivity index (χ2v) is 5.80. The Kier molecular flexibility index (Phi) is 5.23. The highest BCUT2D eigenvalue weighted by Crippen LogP contribution is 2.35. The first kappa shape index (κ1) is 15.1. The zero-order valence-electron chi connectivity index (χ0n) is 11.8. The number of nitrogens with one attached hydrogen (secondary N) is 1. The standard InChI is InChI=1S/C14H24N2O4/c17-9-7-11(13(18)19)15-14(20)16-8-3-5-10-4-1-2-6-12(10)16/h10-12,17H,1-9H2,(H,15,20)(H,18,19). The highest BCUT2D eigenvalue weighted by Gasteiger charge is 2.36. The molecule has 0 radical (unpaired) electrons. The van der Waals surface area contributed by atoms with Crippen LogP contribution in [0.25, 0.3) is 0 Å². The molecule has 1 heterocycles. The maximum absolute atomic E-state index is 12.3. The number of carboxylic acids is 1. The number of rotatable bonds is 4. The zero-order valence-corrected chi connectivity index (χ0v) is 11.8. The van der Waals surface area contributed by atoms with Crippen LogP contribution in [-0.4, -0.2) is 52.3 Å². The van der Waals surface area contributed by atoms with E-state index in [-0.39, 0.29) is 25.1 Å². The van der Waals surface area contributed by atoms with Crippen LogP contribution in [0.5, 0.6) is 0 Å². The number of carboxylic acid groups (broad SMARTS) is 1. The highest BCUT2D eigenvalue weighted by atomic mass is 16.4. The van der Waals surface area contributed by atoms with Gasteiger partial charge < -0.3 is 20.4 Å². The molecule has 0 spiro atoms. The van der Waals surface area contributed by atoms with Crippen LogP contribution in [-0.2, 0) is 4.79 Å². The predicted molar refractivity (Wildman–Crippen MR) is 73.3 cm³/mol. The Morgan fingerprint density at radius 3 is 2.60 bits per heavy atom. The smallest absolute Gasteiger partial charge is 0.326 e. The maximum Gasteiger partial charge on any atom is 0.326 e. The predicted octanol–water partition coefficient (Wildman–Crippen LogP) is 1.19. The fourth-order valence-electron chi connectivity index (χ4n) is 3.50. The van der Waals surface area contributed by atoms with Gasteiger partial charge in [-0.1, -0.05) is 12.8 Å². The quantitative estimate of drug-likeness (QED) is 0.723. The van der Waals surface area contributed by atoms with E-state index in [2.05, 4.69) is 5.32 Å². The van der Waals surface area contributed by atoms with Crippen LogP contribution < -0.4 is 5.32 Å². The van der Waals surface area contributed by atoms with E-state index < -0.39 is 12.0 Å². The Hall–Kier alpha value is -1.30.